The number of aryl methyl sites for hydroxylation is 1. The summed E-state index contributed by atoms with van der Waals surface area (Å²) in [7, 11) is 1.77. The lowest BCUT2D eigenvalue weighted by atomic mass is 10.1. The van der Waals surface area contributed by atoms with Gasteiger partial charge in [-0.15, -0.1) is 5.10 Å². The first-order valence-corrected chi connectivity index (χ1v) is 7.00. The summed E-state index contributed by atoms with van der Waals surface area (Å²) in [5.41, 5.74) is 0.665. The van der Waals surface area contributed by atoms with Crippen LogP contribution in [0.5, 0.6) is 0 Å². The standard InChI is InChI=1S/C11H19BrN4O2/c1-3-4-16-5-6-18-8(7-16)10(17)9-11(12)13-14-15(9)2/h8,10,17H,3-7H2,1-2H3. The first kappa shape index (κ1) is 13.9. The van der Waals surface area contributed by atoms with Gasteiger partial charge in [-0.3, -0.25) is 4.90 Å². The summed E-state index contributed by atoms with van der Waals surface area (Å²) in [6, 6.07) is 0. The van der Waals surface area contributed by atoms with Crippen LogP contribution in [0, 0.1) is 0 Å². The minimum atomic E-state index is -0.709. The van der Waals surface area contributed by atoms with E-state index in [-0.39, 0.29) is 6.10 Å². The van der Waals surface area contributed by atoms with Crippen molar-refractivity contribution in [1.29, 1.82) is 0 Å². The molecule has 1 fully saturated rings. The predicted octanol–water partition coefficient (Wildman–Crippen LogP) is 0.722. The maximum absolute atomic E-state index is 10.4. The molecule has 1 saturated heterocycles. The lowest BCUT2D eigenvalue weighted by Gasteiger charge is -2.34. The lowest BCUT2D eigenvalue weighted by Crippen LogP contribution is -2.45. The van der Waals surface area contributed by atoms with Gasteiger partial charge in [0.25, 0.3) is 0 Å². The Morgan fingerprint density at radius 1 is 1.61 bits per heavy atom. The Morgan fingerprint density at radius 2 is 2.39 bits per heavy atom. The zero-order valence-corrected chi connectivity index (χ0v) is 12.3. The van der Waals surface area contributed by atoms with E-state index in [4.69, 9.17) is 4.74 Å². The normalized spacial score (nSPS) is 23.2. The number of rotatable bonds is 4. The summed E-state index contributed by atoms with van der Waals surface area (Å²) in [5.74, 6) is 0. The number of aromatic nitrogens is 3. The molecule has 2 atom stereocenters. The van der Waals surface area contributed by atoms with Crippen LogP contribution >= 0.6 is 15.9 Å². The van der Waals surface area contributed by atoms with Crippen molar-refractivity contribution in [1.82, 2.24) is 19.9 Å². The fourth-order valence-corrected chi connectivity index (χ4v) is 2.83. The number of aliphatic hydroxyl groups is 1. The van der Waals surface area contributed by atoms with Gasteiger partial charge in [-0.1, -0.05) is 12.1 Å². The fourth-order valence-electron chi connectivity index (χ4n) is 2.27. The highest BCUT2D eigenvalue weighted by Crippen LogP contribution is 2.26. The van der Waals surface area contributed by atoms with Crippen molar-refractivity contribution >= 4 is 15.9 Å². The average molecular weight is 319 g/mol. The van der Waals surface area contributed by atoms with E-state index in [1.54, 1.807) is 11.7 Å². The molecule has 7 heteroatoms. The topological polar surface area (TPSA) is 63.4 Å². The summed E-state index contributed by atoms with van der Waals surface area (Å²) in [6.45, 7) is 5.53. The first-order valence-electron chi connectivity index (χ1n) is 6.20. The van der Waals surface area contributed by atoms with Gasteiger partial charge in [0.15, 0.2) is 4.60 Å². The Labute approximate surface area is 115 Å². The minimum absolute atomic E-state index is 0.223. The molecule has 18 heavy (non-hydrogen) atoms. The number of hydrogen-bond donors (Lipinski definition) is 1. The van der Waals surface area contributed by atoms with E-state index < -0.39 is 6.10 Å². The third-order valence-corrected chi connectivity index (χ3v) is 3.74. The summed E-state index contributed by atoms with van der Waals surface area (Å²) in [6.07, 6.45) is 0.178. The molecule has 0 aromatic carbocycles. The summed E-state index contributed by atoms with van der Waals surface area (Å²) in [4.78, 5) is 2.31. The molecule has 1 aromatic heterocycles. The molecule has 0 amide bonds. The van der Waals surface area contributed by atoms with Crippen LogP contribution in [-0.2, 0) is 11.8 Å². The number of morpholine rings is 1. The van der Waals surface area contributed by atoms with E-state index in [1.165, 1.54) is 0 Å². The van der Waals surface area contributed by atoms with Gasteiger partial charge in [0.1, 0.15) is 17.9 Å². The lowest BCUT2D eigenvalue weighted by molar-refractivity contribution is -0.0921. The van der Waals surface area contributed by atoms with Crippen molar-refractivity contribution < 1.29 is 9.84 Å². The highest BCUT2D eigenvalue weighted by atomic mass is 79.9. The molecule has 1 aromatic rings. The molecular formula is C11H19BrN4O2. The number of aliphatic hydroxyl groups excluding tert-OH is 1. The van der Waals surface area contributed by atoms with Crippen LogP contribution in [-0.4, -0.2) is 57.3 Å². The summed E-state index contributed by atoms with van der Waals surface area (Å²) < 4.78 is 7.83. The van der Waals surface area contributed by atoms with Gasteiger partial charge in [0.2, 0.25) is 0 Å². The average Bonchev–Trinajstić information content (AvgIpc) is 2.69. The molecule has 2 heterocycles. The number of ether oxygens (including phenoxy) is 1. The third kappa shape index (κ3) is 2.90. The predicted molar refractivity (Wildman–Crippen MR) is 70.1 cm³/mol. The van der Waals surface area contributed by atoms with E-state index >= 15 is 0 Å². The van der Waals surface area contributed by atoms with Gasteiger partial charge in [0.05, 0.1) is 6.61 Å². The summed E-state index contributed by atoms with van der Waals surface area (Å²) in [5, 5.41) is 18.2. The van der Waals surface area contributed by atoms with E-state index in [9.17, 15) is 5.11 Å². The van der Waals surface area contributed by atoms with Crippen molar-refractivity contribution in [2.75, 3.05) is 26.2 Å². The van der Waals surface area contributed by atoms with Crippen molar-refractivity contribution in [3.8, 4) is 0 Å². The molecule has 0 aliphatic carbocycles. The highest BCUT2D eigenvalue weighted by Gasteiger charge is 2.31. The molecule has 0 spiro atoms. The van der Waals surface area contributed by atoms with Crippen molar-refractivity contribution in [2.45, 2.75) is 25.6 Å². The van der Waals surface area contributed by atoms with Crippen molar-refractivity contribution in [3.05, 3.63) is 10.3 Å². The van der Waals surface area contributed by atoms with Crippen LogP contribution in [0.1, 0.15) is 25.1 Å². The van der Waals surface area contributed by atoms with Crippen LogP contribution in [0.4, 0.5) is 0 Å². The van der Waals surface area contributed by atoms with Gasteiger partial charge in [-0.2, -0.15) is 0 Å². The third-order valence-electron chi connectivity index (χ3n) is 3.18. The molecule has 102 valence electrons. The summed E-state index contributed by atoms with van der Waals surface area (Å²) >= 11 is 3.31. The van der Waals surface area contributed by atoms with Gasteiger partial charge in [0, 0.05) is 20.1 Å². The van der Waals surface area contributed by atoms with E-state index in [0.29, 0.717) is 16.9 Å². The molecule has 2 unspecified atom stereocenters. The Balaban J connectivity index is 2.06. The van der Waals surface area contributed by atoms with Gasteiger partial charge < -0.3 is 9.84 Å². The smallest absolute Gasteiger partial charge is 0.154 e. The largest absolute Gasteiger partial charge is 0.384 e. The second-order valence-electron chi connectivity index (χ2n) is 4.54. The monoisotopic (exact) mass is 318 g/mol. The quantitative estimate of drug-likeness (QED) is 0.886. The molecule has 2 rings (SSSR count). The van der Waals surface area contributed by atoms with Crippen LogP contribution < -0.4 is 0 Å². The highest BCUT2D eigenvalue weighted by molar-refractivity contribution is 9.10. The number of halogens is 1. The maximum atomic E-state index is 10.4. The molecule has 0 bridgehead atoms. The van der Waals surface area contributed by atoms with Crippen molar-refractivity contribution in [3.63, 3.8) is 0 Å². The maximum Gasteiger partial charge on any atom is 0.154 e. The minimum Gasteiger partial charge on any atom is -0.384 e. The second kappa shape index (κ2) is 6.10. The van der Waals surface area contributed by atoms with Crippen LogP contribution in [0.25, 0.3) is 0 Å². The zero-order chi connectivity index (χ0) is 13.1. The van der Waals surface area contributed by atoms with E-state index in [1.807, 2.05) is 0 Å². The molecule has 1 aliphatic heterocycles. The molecule has 6 nitrogen and oxygen atoms in total. The number of hydrogen-bond acceptors (Lipinski definition) is 5. The number of nitrogens with zero attached hydrogens (tertiary/aromatic N) is 4. The molecule has 1 N–H and O–H groups in total. The fraction of sp³-hybridized carbons (Fsp3) is 0.818. The Morgan fingerprint density at radius 3 is 3.00 bits per heavy atom. The van der Waals surface area contributed by atoms with E-state index in [0.717, 1.165) is 26.1 Å². The SMILES string of the molecule is CCCN1CCOC(C(O)c2c(Br)nnn2C)C1. The van der Waals surface area contributed by atoms with E-state index in [2.05, 4.69) is 38.1 Å². The molecule has 0 radical (unpaired) electrons. The Bertz CT molecular complexity index is 377. The van der Waals surface area contributed by atoms with Crippen LogP contribution in [0.3, 0.4) is 0 Å². The van der Waals surface area contributed by atoms with Crippen LogP contribution in [0.15, 0.2) is 4.60 Å². The van der Waals surface area contributed by atoms with Crippen LogP contribution in [0.2, 0.25) is 0 Å². The molecular weight excluding hydrogens is 300 g/mol. The van der Waals surface area contributed by atoms with Crippen molar-refractivity contribution in [2.24, 2.45) is 7.05 Å². The first-order chi connectivity index (χ1) is 8.63. The zero-order valence-electron chi connectivity index (χ0n) is 10.7. The molecule has 1 aliphatic rings. The Hall–Kier alpha value is -0.500. The Kier molecular flexibility index (Phi) is 4.71. The van der Waals surface area contributed by atoms with Gasteiger partial charge >= 0.3 is 0 Å². The second-order valence-corrected chi connectivity index (χ2v) is 5.29. The van der Waals surface area contributed by atoms with Gasteiger partial charge in [-0.25, -0.2) is 4.68 Å². The molecule has 0 saturated carbocycles. The van der Waals surface area contributed by atoms with Gasteiger partial charge in [-0.05, 0) is 28.9 Å².